The number of hydrogen-bond acceptors (Lipinski definition) is 2. The van der Waals surface area contributed by atoms with Gasteiger partial charge in [0.2, 0.25) is 0 Å². The predicted octanol–water partition coefficient (Wildman–Crippen LogP) is 2.25. The molecule has 0 amide bonds. The molecule has 0 radical (unpaired) electrons. The molecule has 2 nitrogen and oxygen atoms in total. The Labute approximate surface area is 89.2 Å². The maximum absolute atomic E-state index is 13.0. The molecular weight excluding hydrogens is 193 g/mol. The molecule has 15 heavy (non-hydrogen) atoms. The third-order valence-corrected chi connectivity index (χ3v) is 3.01. The highest BCUT2D eigenvalue weighted by atomic mass is 19.1. The number of nitrogens with two attached hydrogens (primary N) is 1. The van der Waals surface area contributed by atoms with Crippen LogP contribution in [0.4, 0.5) is 4.39 Å². The lowest BCUT2D eigenvalue weighted by molar-refractivity contribution is 0.0583. The van der Waals surface area contributed by atoms with E-state index in [1.165, 1.54) is 12.1 Å². The van der Waals surface area contributed by atoms with E-state index in [1.54, 1.807) is 6.07 Å². The number of halogens is 1. The standard InChI is InChI=1S/C12H16FNO/c13-11-3-1-2-10(8-11)12(14)9-4-6-15-7-5-9/h1-3,8-9,12H,4-7,14H2/t12-/m1/s1. The smallest absolute Gasteiger partial charge is 0.123 e. The van der Waals surface area contributed by atoms with Crippen LogP contribution in [-0.2, 0) is 4.74 Å². The van der Waals surface area contributed by atoms with Crippen LogP contribution in [0.1, 0.15) is 24.4 Å². The van der Waals surface area contributed by atoms with Crippen LogP contribution in [0.25, 0.3) is 0 Å². The van der Waals surface area contributed by atoms with Gasteiger partial charge in [-0.3, -0.25) is 0 Å². The molecular formula is C12H16FNO. The summed E-state index contributed by atoms with van der Waals surface area (Å²) in [5.41, 5.74) is 7.01. The Hall–Kier alpha value is -0.930. The number of hydrogen-bond donors (Lipinski definition) is 1. The molecule has 2 rings (SSSR count). The Bertz CT molecular complexity index is 323. The van der Waals surface area contributed by atoms with E-state index < -0.39 is 0 Å². The second-order valence-corrected chi connectivity index (χ2v) is 4.03. The average Bonchev–Trinajstić information content (AvgIpc) is 2.29. The van der Waals surface area contributed by atoms with Crippen LogP contribution < -0.4 is 5.73 Å². The minimum atomic E-state index is -0.213. The summed E-state index contributed by atoms with van der Waals surface area (Å²) in [5.74, 6) is 0.204. The van der Waals surface area contributed by atoms with Crippen molar-refractivity contribution in [3.05, 3.63) is 35.6 Å². The lowest BCUT2D eigenvalue weighted by atomic mass is 9.88. The van der Waals surface area contributed by atoms with Crippen LogP contribution in [0, 0.1) is 11.7 Å². The topological polar surface area (TPSA) is 35.2 Å². The van der Waals surface area contributed by atoms with Gasteiger partial charge in [0.15, 0.2) is 0 Å². The van der Waals surface area contributed by atoms with E-state index in [-0.39, 0.29) is 11.9 Å². The SMILES string of the molecule is N[C@@H](c1cccc(F)c1)C1CCOCC1. The minimum absolute atomic E-state index is 0.0652. The molecule has 0 saturated carbocycles. The first-order chi connectivity index (χ1) is 7.27. The summed E-state index contributed by atoms with van der Waals surface area (Å²) in [4.78, 5) is 0. The van der Waals surface area contributed by atoms with Gasteiger partial charge in [-0.2, -0.15) is 0 Å². The van der Waals surface area contributed by atoms with Crippen LogP contribution in [0.5, 0.6) is 0 Å². The third-order valence-electron chi connectivity index (χ3n) is 3.01. The third kappa shape index (κ3) is 2.55. The van der Waals surface area contributed by atoms with Gasteiger partial charge in [0.05, 0.1) is 0 Å². The normalized spacial score (nSPS) is 20.1. The fourth-order valence-corrected chi connectivity index (χ4v) is 2.06. The largest absolute Gasteiger partial charge is 0.381 e. The molecule has 1 atom stereocenters. The molecule has 1 fully saturated rings. The van der Waals surface area contributed by atoms with E-state index in [2.05, 4.69) is 0 Å². The van der Waals surface area contributed by atoms with Crippen molar-refractivity contribution >= 4 is 0 Å². The van der Waals surface area contributed by atoms with Crippen molar-refractivity contribution in [3.63, 3.8) is 0 Å². The molecule has 1 heterocycles. The molecule has 0 unspecified atom stereocenters. The second-order valence-electron chi connectivity index (χ2n) is 4.03. The Morgan fingerprint density at radius 2 is 2.07 bits per heavy atom. The minimum Gasteiger partial charge on any atom is -0.381 e. The number of ether oxygens (including phenoxy) is 1. The molecule has 1 aliphatic heterocycles. The zero-order valence-electron chi connectivity index (χ0n) is 8.66. The highest BCUT2D eigenvalue weighted by molar-refractivity contribution is 5.20. The first kappa shape index (κ1) is 10.6. The summed E-state index contributed by atoms with van der Waals surface area (Å²) < 4.78 is 18.3. The Morgan fingerprint density at radius 1 is 1.33 bits per heavy atom. The predicted molar refractivity (Wildman–Crippen MR) is 56.9 cm³/mol. The Balaban J connectivity index is 2.08. The van der Waals surface area contributed by atoms with E-state index in [9.17, 15) is 4.39 Å². The second kappa shape index (κ2) is 4.73. The van der Waals surface area contributed by atoms with Gasteiger partial charge in [-0.1, -0.05) is 12.1 Å². The van der Waals surface area contributed by atoms with E-state index in [1.807, 2.05) is 6.07 Å². The monoisotopic (exact) mass is 209 g/mol. The van der Waals surface area contributed by atoms with Gasteiger partial charge in [-0.05, 0) is 36.5 Å². The van der Waals surface area contributed by atoms with Crippen LogP contribution in [0.3, 0.4) is 0 Å². The van der Waals surface area contributed by atoms with Gasteiger partial charge in [0.1, 0.15) is 5.82 Å². The summed E-state index contributed by atoms with van der Waals surface area (Å²) >= 11 is 0. The van der Waals surface area contributed by atoms with Crippen molar-refractivity contribution in [3.8, 4) is 0 Å². The van der Waals surface area contributed by atoms with Crippen molar-refractivity contribution in [1.82, 2.24) is 0 Å². The molecule has 2 N–H and O–H groups in total. The number of benzene rings is 1. The van der Waals surface area contributed by atoms with Crippen molar-refractivity contribution in [2.24, 2.45) is 11.7 Å². The molecule has 0 aliphatic carbocycles. The maximum Gasteiger partial charge on any atom is 0.123 e. The molecule has 1 aromatic rings. The molecule has 82 valence electrons. The molecule has 0 aromatic heterocycles. The van der Waals surface area contributed by atoms with E-state index in [0.717, 1.165) is 31.6 Å². The van der Waals surface area contributed by atoms with Crippen molar-refractivity contribution in [1.29, 1.82) is 0 Å². The summed E-state index contributed by atoms with van der Waals surface area (Å²) in [5, 5.41) is 0. The molecule has 1 aliphatic rings. The molecule has 0 bridgehead atoms. The molecule has 3 heteroatoms. The van der Waals surface area contributed by atoms with Gasteiger partial charge in [-0.15, -0.1) is 0 Å². The first-order valence-corrected chi connectivity index (χ1v) is 5.36. The van der Waals surface area contributed by atoms with E-state index in [4.69, 9.17) is 10.5 Å². The maximum atomic E-state index is 13.0. The Kier molecular flexibility index (Phi) is 3.34. The lowest BCUT2D eigenvalue weighted by Gasteiger charge is -2.27. The summed E-state index contributed by atoms with van der Waals surface area (Å²) in [6.07, 6.45) is 1.94. The zero-order chi connectivity index (χ0) is 10.7. The van der Waals surface area contributed by atoms with Crippen LogP contribution in [0.15, 0.2) is 24.3 Å². The molecule has 1 aromatic carbocycles. The van der Waals surface area contributed by atoms with Crippen molar-refractivity contribution in [2.45, 2.75) is 18.9 Å². The zero-order valence-corrected chi connectivity index (χ0v) is 8.66. The van der Waals surface area contributed by atoms with Gasteiger partial charge < -0.3 is 10.5 Å². The van der Waals surface area contributed by atoms with Gasteiger partial charge in [0.25, 0.3) is 0 Å². The van der Waals surface area contributed by atoms with Crippen molar-refractivity contribution < 1.29 is 9.13 Å². The highest BCUT2D eigenvalue weighted by Gasteiger charge is 2.22. The van der Waals surface area contributed by atoms with Gasteiger partial charge in [0, 0.05) is 19.3 Å². The Morgan fingerprint density at radius 3 is 2.73 bits per heavy atom. The van der Waals surface area contributed by atoms with Crippen LogP contribution >= 0.6 is 0 Å². The first-order valence-electron chi connectivity index (χ1n) is 5.36. The lowest BCUT2D eigenvalue weighted by Crippen LogP contribution is -2.27. The summed E-state index contributed by atoms with van der Waals surface area (Å²) in [7, 11) is 0. The van der Waals surface area contributed by atoms with Gasteiger partial charge in [-0.25, -0.2) is 4.39 Å². The van der Waals surface area contributed by atoms with E-state index >= 15 is 0 Å². The fourth-order valence-electron chi connectivity index (χ4n) is 2.06. The summed E-state index contributed by atoms with van der Waals surface area (Å²) in [6, 6.07) is 6.51. The number of rotatable bonds is 2. The quantitative estimate of drug-likeness (QED) is 0.810. The van der Waals surface area contributed by atoms with Crippen LogP contribution in [-0.4, -0.2) is 13.2 Å². The highest BCUT2D eigenvalue weighted by Crippen LogP contribution is 2.28. The van der Waals surface area contributed by atoms with E-state index in [0.29, 0.717) is 5.92 Å². The average molecular weight is 209 g/mol. The van der Waals surface area contributed by atoms with Crippen molar-refractivity contribution in [2.75, 3.05) is 13.2 Å². The fraction of sp³-hybridized carbons (Fsp3) is 0.500. The molecule has 0 spiro atoms. The molecule has 1 saturated heterocycles. The van der Waals surface area contributed by atoms with Gasteiger partial charge >= 0.3 is 0 Å². The summed E-state index contributed by atoms with van der Waals surface area (Å²) in [6.45, 7) is 1.54. The van der Waals surface area contributed by atoms with Crippen LogP contribution in [0.2, 0.25) is 0 Å².